The maximum Gasteiger partial charge on any atom is 0.401 e. The van der Waals surface area contributed by atoms with E-state index >= 15 is 0 Å². The van der Waals surface area contributed by atoms with Crippen molar-refractivity contribution in [1.82, 2.24) is 10.2 Å². The summed E-state index contributed by atoms with van der Waals surface area (Å²) in [7, 11) is 0. The Morgan fingerprint density at radius 3 is 2.50 bits per heavy atom. The molecule has 0 saturated heterocycles. The van der Waals surface area contributed by atoms with Crippen molar-refractivity contribution in [1.29, 1.82) is 5.26 Å². The highest BCUT2D eigenvalue weighted by molar-refractivity contribution is 5.78. The highest BCUT2D eigenvalue weighted by Crippen LogP contribution is 2.12. The minimum Gasteiger partial charge on any atom is -0.324 e. The third-order valence-electron chi connectivity index (χ3n) is 2.43. The molecule has 0 heterocycles. The fourth-order valence-electron chi connectivity index (χ4n) is 1.54. The molecule has 0 aliphatic carbocycles. The second-order valence-electron chi connectivity index (χ2n) is 4.11. The molecule has 1 aromatic carbocycles. The first-order valence-corrected chi connectivity index (χ1v) is 5.88. The molecule has 20 heavy (non-hydrogen) atoms. The van der Waals surface area contributed by atoms with Crippen LogP contribution in [0.3, 0.4) is 0 Å². The van der Waals surface area contributed by atoms with Crippen LogP contribution in [0.5, 0.6) is 0 Å². The smallest absolute Gasteiger partial charge is 0.324 e. The molecular weight excluding hydrogens is 271 g/mol. The first kappa shape index (κ1) is 16.0. The fourth-order valence-corrected chi connectivity index (χ4v) is 1.54. The number of hydrogen-bond donors (Lipinski definition) is 1. The van der Waals surface area contributed by atoms with Gasteiger partial charge >= 0.3 is 6.18 Å². The number of nitriles is 1. The molecule has 0 saturated carbocycles. The van der Waals surface area contributed by atoms with Crippen molar-refractivity contribution in [3.05, 3.63) is 35.9 Å². The molecule has 0 fully saturated rings. The van der Waals surface area contributed by atoms with Crippen LogP contribution in [0.2, 0.25) is 0 Å². The lowest BCUT2D eigenvalue weighted by Gasteiger charge is -2.20. The van der Waals surface area contributed by atoms with Crippen molar-refractivity contribution >= 4 is 5.91 Å². The molecule has 0 bridgehead atoms. The van der Waals surface area contributed by atoms with Crippen LogP contribution in [0.25, 0.3) is 0 Å². The standard InChI is InChI=1S/C13H14F3N3O/c14-13(15,16)10-18-8-12(20)19(7-6-17)9-11-4-2-1-3-5-11/h1-5,18H,7-10H2. The summed E-state index contributed by atoms with van der Waals surface area (Å²) in [5.41, 5.74) is 0.812. The lowest BCUT2D eigenvalue weighted by Crippen LogP contribution is -2.40. The lowest BCUT2D eigenvalue weighted by molar-refractivity contribution is -0.134. The number of alkyl halides is 3. The van der Waals surface area contributed by atoms with Crippen molar-refractivity contribution in [2.24, 2.45) is 0 Å². The third kappa shape index (κ3) is 6.20. The van der Waals surface area contributed by atoms with Crippen molar-refractivity contribution in [2.75, 3.05) is 19.6 Å². The van der Waals surface area contributed by atoms with Gasteiger partial charge in [-0.25, -0.2) is 0 Å². The highest BCUT2D eigenvalue weighted by Gasteiger charge is 2.27. The molecule has 0 atom stereocenters. The van der Waals surface area contributed by atoms with Crippen LogP contribution in [-0.2, 0) is 11.3 Å². The molecule has 1 rings (SSSR count). The average Bonchev–Trinajstić information content (AvgIpc) is 2.38. The quantitative estimate of drug-likeness (QED) is 0.809. The topological polar surface area (TPSA) is 56.1 Å². The van der Waals surface area contributed by atoms with Crippen molar-refractivity contribution in [2.45, 2.75) is 12.7 Å². The maximum atomic E-state index is 12.0. The predicted molar refractivity (Wildman–Crippen MR) is 66.4 cm³/mol. The number of nitrogens with one attached hydrogen (secondary N) is 1. The van der Waals surface area contributed by atoms with Gasteiger partial charge < -0.3 is 10.2 Å². The minimum atomic E-state index is -4.36. The Hall–Kier alpha value is -2.07. The van der Waals surface area contributed by atoms with Crippen LogP contribution in [0, 0.1) is 11.3 Å². The van der Waals surface area contributed by atoms with E-state index in [-0.39, 0.29) is 13.1 Å². The van der Waals surface area contributed by atoms with E-state index < -0.39 is 25.2 Å². The Balaban J connectivity index is 2.53. The van der Waals surface area contributed by atoms with Gasteiger partial charge in [-0.05, 0) is 5.56 Å². The normalized spacial score (nSPS) is 10.9. The number of rotatable bonds is 6. The highest BCUT2D eigenvalue weighted by atomic mass is 19.4. The SMILES string of the molecule is N#CCN(Cc1ccccc1)C(=O)CNCC(F)(F)F. The Morgan fingerprint density at radius 2 is 1.95 bits per heavy atom. The van der Waals surface area contributed by atoms with E-state index in [2.05, 4.69) is 0 Å². The number of nitrogens with zero attached hydrogens (tertiary/aromatic N) is 2. The number of carbonyl (C=O) groups is 1. The van der Waals surface area contributed by atoms with Gasteiger partial charge in [0.15, 0.2) is 0 Å². The fraction of sp³-hybridized carbons (Fsp3) is 0.385. The van der Waals surface area contributed by atoms with Gasteiger partial charge in [-0.3, -0.25) is 4.79 Å². The molecule has 108 valence electrons. The van der Waals surface area contributed by atoms with Crippen LogP contribution in [0.4, 0.5) is 13.2 Å². The van der Waals surface area contributed by atoms with Crippen LogP contribution in [0.15, 0.2) is 30.3 Å². The van der Waals surface area contributed by atoms with E-state index in [1.807, 2.05) is 17.5 Å². The first-order chi connectivity index (χ1) is 9.42. The molecule has 4 nitrogen and oxygen atoms in total. The van der Waals surface area contributed by atoms with E-state index in [4.69, 9.17) is 5.26 Å². The summed E-state index contributed by atoms with van der Waals surface area (Å²) < 4.78 is 35.9. The number of benzene rings is 1. The molecule has 0 aromatic heterocycles. The monoisotopic (exact) mass is 285 g/mol. The van der Waals surface area contributed by atoms with E-state index in [0.29, 0.717) is 0 Å². The van der Waals surface area contributed by atoms with E-state index in [1.54, 1.807) is 24.3 Å². The summed E-state index contributed by atoms with van der Waals surface area (Å²) >= 11 is 0. The van der Waals surface area contributed by atoms with Crippen LogP contribution in [-0.4, -0.2) is 36.6 Å². The van der Waals surface area contributed by atoms with E-state index in [0.717, 1.165) is 5.56 Å². The Kier molecular flexibility index (Phi) is 6.00. The van der Waals surface area contributed by atoms with Crippen LogP contribution >= 0.6 is 0 Å². The Labute approximate surface area is 114 Å². The zero-order valence-corrected chi connectivity index (χ0v) is 10.7. The maximum absolute atomic E-state index is 12.0. The molecule has 0 aliphatic rings. The zero-order valence-electron chi connectivity index (χ0n) is 10.7. The van der Waals surface area contributed by atoms with Gasteiger partial charge in [0.1, 0.15) is 6.54 Å². The van der Waals surface area contributed by atoms with E-state index in [9.17, 15) is 18.0 Å². The number of carbonyl (C=O) groups excluding carboxylic acids is 1. The number of hydrogen-bond acceptors (Lipinski definition) is 3. The van der Waals surface area contributed by atoms with Crippen molar-refractivity contribution < 1.29 is 18.0 Å². The molecular formula is C13H14F3N3O. The van der Waals surface area contributed by atoms with Crippen LogP contribution in [0.1, 0.15) is 5.56 Å². The summed E-state index contributed by atoms with van der Waals surface area (Å²) in [6, 6.07) is 10.8. The van der Waals surface area contributed by atoms with Crippen molar-refractivity contribution in [3.8, 4) is 6.07 Å². The third-order valence-corrected chi connectivity index (χ3v) is 2.43. The lowest BCUT2D eigenvalue weighted by atomic mass is 10.2. The van der Waals surface area contributed by atoms with Gasteiger partial charge in [-0.2, -0.15) is 18.4 Å². The molecule has 0 unspecified atom stereocenters. The minimum absolute atomic E-state index is 0.165. The number of amides is 1. The van der Waals surface area contributed by atoms with Gasteiger partial charge in [0.2, 0.25) is 5.91 Å². The number of halogens is 3. The Morgan fingerprint density at radius 1 is 1.30 bits per heavy atom. The van der Waals surface area contributed by atoms with Crippen LogP contribution < -0.4 is 5.32 Å². The summed E-state index contributed by atoms with van der Waals surface area (Å²) in [5.74, 6) is -0.542. The van der Waals surface area contributed by atoms with Gasteiger partial charge in [0.05, 0.1) is 19.2 Å². The predicted octanol–water partition coefficient (Wildman–Crippen LogP) is 1.69. The molecule has 0 radical (unpaired) electrons. The average molecular weight is 285 g/mol. The second-order valence-corrected chi connectivity index (χ2v) is 4.11. The summed E-state index contributed by atoms with van der Waals surface area (Å²) in [4.78, 5) is 13.0. The summed E-state index contributed by atoms with van der Waals surface area (Å²) in [6.07, 6.45) is -4.36. The van der Waals surface area contributed by atoms with Gasteiger partial charge in [0, 0.05) is 6.54 Å². The van der Waals surface area contributed by atoms with E-state index in [1.165, 1.54) is 4.90 Å². The molecule has 1 aromatic rings. The molecule has 1 N–H and O–H groups in total. The van der Waals surface area contributed by atoms with Gasteiger partial charge in [-0.15, -0.1) is 0 Å². The Bertz CT molecular complexity index is 468. The van der Waals surface area contributed by atoms with Crippen molar-refractivity contribution in [3.63, 3.8) is 0 Å². The summed E-state index contributed by atoms with van der Waals surface area (Å²) in [5, 5.41) is 10.7. The van der Waals surface area contributed by atoms with Gasteiger partial charge in [-0.1, -0.05) is 30.3 Å². The zero-order chi connectivity index (χ0) is 15.0. The van der Waals surface area contributed by atoms with Gasteiger partial charge in [0.25, 0.3) is 0 Å². The molecule has 1 amide bonds. The first-order valence-electron chi connectivity index (χ1n) is 5.88. The largest absolute Gasteiger partial charge is 0.401 e. The summed E-state index contributed by atoms with van der Waals surface area (Å²) in [6.45, 7) is -1.65. The molecule has 7 heteroatoms. The second kappa shape index (κ2) is 7.50. The molecule has 0 spiro atoms. The molecule has 0 aliphatic heterocycles.